The Morgan fingerprint density at radius 3 is 2.90 bits per heavy atom. The average Bonchev–Trinajstić information content (AvgIpc) is 3.22. The molecular formula is C15H18N2O2S2. The van der Waals surface area contributed by atoms with Gasteiger partial charge in [-0.15, -0.1) is 0 Å². The summed E-state index contributed by atoms with van der Waals surface area (Å²) in [6, 6.07) is 5.85. The quantitative estimate of drug-likeness (QED) is 0.919. The molecular weight excluding hydrogens is 304 g/mol. The third-order valence-corrected chi connectivity index (χ3v) is 5.22. The van der Waals surface area contributed by atoms with E-state index in [0.717, 1.165) is 35.9 Å². The molecule has 0 radical (unpaired) electrons. The predicted molar refractivity (Wildman–Crippen MR) is 87.0 cm³/mol. The first-order valence-corrected chi connectivity index (χ1v) is 9.10. The van der Waals surface area contributed by atoms with Crippen LogP contribution in [0.2, 0.25) is 0 Å². The van der Waals surface area contributed by atoms with Gasteiger partial charge in [-0.3, -0.25) is 9.69 Å². The molecule has 3 rings (SSSR count). The van der Waals surface area contributed by atoms with Crippen molar-refractivity contribution < 1.29 is 9.21 Å². The molecule has 1 saturated heterocycles. The highest BCUT2D eigenvalue weighted by atomic mass is 32.2. The number of hydrogen-bond acceptors (Lipinski definition) is 5. The number of hydrogen-bond donors (Lipinski definition) is 1. The monoisotopic (exact) mass is 322 g/mol. The third-order valence-electron chi connectivity index (χ3n) is 3.60. The van der Waals surface area contributed by atoms with Gasteiger partial charge in [-0.2, -0.15) is 23.1 Å². The van der Waals surface area contributed by atoms with Gasteiger partial charge in [0, 0.05) is 42.1 Å². The summed E-state index contributed by atoms with van der Waals surface area (Å²) < 4.78 is 5.57. The van der Waals surface area contributed by atoms with E-state index in [0.29, 0.717) is 6.54 Å². The van der Waals surface area contributed by atoms with Gasteiger partial charge in [0.05, 0.1) is 12.3 Å². The number of thiophene rings is 1. The highest BCUT2D eigenvalue weighted by molar-refractivity contribution is 7.99. The topological polar surface area (TPSA) is 45.5 Å². The maximum absolute atomic E-state index is 12.1. The van der Waals surface area contributed by atoms with Gasteiger partial charge in [0.25, 0.3) is 5.91 Å². The van der Waals surface area contributed by atoms with Gasteiger partial charge < -0.3 is 9.73 Å². The predicted octanol–water partition coefficient (Wildman–Crippen LogP) is 2.86. The molecule has 4 nitrogen and oxygen atoms in total. The van der Waals surface area contributed by atoms with Gasteiger partial charge in [-0.1, -0.05) is 0 Å². The first kappa shape index (κ1) is 14.7. The van der Waals surface area contributed by atoms with E-state index in [1.165, 1.54) is 11.3 Å². The van der Waals surface area contributed by atoms with E-state index >= 15 is 0 Å². The number of carbonyl (C=O) groups is 1. The Labute approximate surface area is 132 Å². The van der Waals surface area contributed by atoms with Crippen molar-refractivity contribution in [2.75, 3.05) is 31.1 Å². The molecule has 0 saturated carbocycles. The molecule has 1 fully saturated rings. The van der Waals surface area contributed by atoms with Crippen molar-refractivity contribution in [3.8, 4) is 0 Å². The van der Waals surface area contributed by atoms with E-state index in [1.807, 2.05) is 40.7 Å². The molecule has 1 N–H and O–H groups in total. The van der Waals surface area contributed by atoms with E-state index in [9.17, 15) is 4.79 Å². The minimum absolute atomic E-state index is 0.0146. The molecule has 1 unspecified atom stereocenters. The van der Waals surface area contributed by atoms with Crippen molar-refractivity contribution in [3.63, 3.8) is 0 Å². The molecule has 3 heterocycles. The number of rotatable bonds is 5. The van der Waals surface area contributed by atoms with Crippen molar-refractivity contribution >= 4 is 29.0 Å². The van der Waals surface area contributed by atoms with Crippen LogP contribution in [0.15, 0.2) is 39.6 Å². The van der Waals surface area contributed by atoms with Gasteiger partial charge in [0.1, 0.15) is 5.76 Å². The van der Waals surface area contributed by atoms with Gasteiger partial charge in [-0.25, -0.2) is 0 Å². The summed E-state index contributed by atoms with van der Waals surface area (Å²) in [4.78, 5) is 14.5. The summed E-state index contributed by atoms with van der Waals surface area (Å²) in [5.74, 6) is 3.18. The standard InChI is InChI=1S/C15H18N2O2S2/c18-15(12-3-7-21-11-12)16-10-13(14-2-1-6-19-14)17-4-8-20-9-5-17/h1-3,6-7,11,13H,4-5,8-10H2,(H,16,18). The number of nitrogens with one attached hydrogen (secondary N) is 1. The highest BCUT2D eigenvalue weighted by Gasteiger charge is 2.25. The summed E-state index contributed by atoms with van der Waals surface area (Å²) in [5.41, 5.74) is 0.729. The Morgan fingerprint density at radius 2 is 2.24 bits per heavy atom. The molecule has 1 atom stereocenters. The second-order valence-corrected chi connectivity index (χ2v) is 6.91. The fourth-order valence-corrected chi connectivity index (χ4v) is 4.03. The molecule has 112 valence electrons. The number of amides is 1. The maximum atomic E-state index is 12.1. The Morgan fingerprint density at radius 1 is 1.38 bits per heavy atom. The van der Waals surface area contributed by atoms with Crippen LogP contribution in [0.1, 0.15) is 22.2 Å². The van der Waals surface area contributed by atoms with E-state index in [1.54, 1.807) is 6.26 Å². The number of furan rings is 1. The van der Waals surface area contributed by atoms with Crippen LogP contribution in [-0.2, 0) is 0 Å². The van der Waals surface area contributed by atoms with E-state index < -0.39 is 0 Å². The second-order valence-electron chi connectivity index (χ2n) is 4.90. The Balaban J connectivity index is 1.66. The summed E-state index contributed by atoms with van der Waals surface area (Å²) in [5, 5.41) is 6.82. The Bertz CT molecular complexity index is 548. The molecule has 2 aromatic heterocycles. The van der Waals surface area contributed by atoms with Gasteiger partial charge in [0.2, 0.25) is 0 Å². The lowest BCUT2D eigenvalue weighted by molar-refractivity contribution is 0.0930. The van der Waals surface area contributed by atoms with Crippen LogP contribution >= 0.6 is 23.1 Å². The maximum Gasteiger partial charge on any atom is 0.252 e. The van der Waals surface area contributed by atoms with Gasteiger partial charge in [0.15, 0.2) is 0 Å². The van der Waals surface area contributed by atoms with Crippen molar-refractivity contribution in [2.24, 2.45) is 0 Å². The first-order chi connectivity index (χ1) is 10.3. The SMILES string of the molecule is O=C(NCC(c1ccco1)N1CCSCC1)c1ccsc1. The molecule has 21 heavy (non-hydrogen) atoms. The van der Waals surface area contributed by atoms with E-state index in [-0.39, 0.29) is 11.9 Å². The zero-order chi connectivity index (χ0) is 14.5. The van der Waals surface area contributed by atoms with Crippen LogP contribution in [-0.4, -0.2) is 41.9 Å². The molecule has 1 amide bonds. The average molecular weight is 322 g/mol. The van der Waals surface area contributed by atoms with E-state index in [2.05, 4.69) is 10.2 Å². The summed E-state index contributed by atoms with van der Waals surface area (Å²) >= 11 is 3.51. The van der Waals surface area contributed by atoms with Crippen LogP contribution in [0, 0.1) is 0 Å². The minimum atomic E-state index is -0.0146. The Hall–Kier alpha value is -1.24. The Kier molecular flexibility index (Phi) is 5.00. The lowest BCUT2D eigenvalue weighted by Crippen LogP contribution is -2.41. The second kappa shape index (κ2) is 7.15. The van der Waals surface area contributed by atoms with Crippen LogP contribution < -0.4 is 5.32 Å². The number of nitrogens with zero attached hydrogens (tertiary/aromatic N) is 1. The zero-order valence-electron chi connectivity index (χ0n) is 11.7. The molecule has 0 aromatic carbocycles. The smallest absolute Gasteiger partial charge is 0.252 e. The van der Waals surface area contributed by atoms with Crippen LogP contribution in [0.3, 0.4) is 0 Å². The lowest BCUT2D eigenvalue weighted by Gasteiger charge is -2.33. The molecule has 1 aliphatic heterocycles. The summed E-state index contributed by atoms with van der Waals surface area (Å²) in [6.07, 6.45) is 1.70. The zero-order valence-corrected chi connectivity index (χ0v) is 13.3. The van der Waals surface area contributed by atoms with Gasteiger partial charge >= 0.3 is 0 Å². The minimum Gasteiger partial charge on any atom is -0.468 e. The molecule has 2 aromatic rings. The van der Waals surface area contributed by atoms with Crippen LogP contribution in [0.4, 0.5) is 0 Å². The molecule has 0 aliphatic carbocycles. The van der Waals surface area contributed by atoms with E-state index in [4.69, 9.17) is 4.42 Å². The van der Waals surface area contributed by atoms with Crippen LogP contribution in [0.5, 0.6) is 0 Å². The first-order valence-electron chi connectivity index (χ1n) is 7.00. The third kappa shape index (κ3) is 3.70. The number of thioether (sulfide) groups is 1. The largest absolute Gasteiger partial charge is 0.468 e. The fraction of sp³-hybridized carbons (Fsp3) is 0.400. The molecule has 1 aliphatic rings. The molecule has 6 heteroatoms. The molecule has 0 bridgehead atoms. The normalized spacial score (nSPS) is 17.5. The summed E-state index contributed by atoms with van der Waals surface area (Å²) in [6.45, 7) is 2.64. The van der Waals surface area contributed by atoms with Crippen molar-refractivity contribution in [1.82, 2.24) is 10.2 Å². The van der Waals surface area contributed by atoms with Gasteiger partial charge in [-0.05, 0) is 23.6 Å². The number of carbonyl (C=O) groups excluding carboxylic acids is 1. The van der Waals surface area contributed by atoms with Crippen molar-refractivity contribution in [1.29, 1.82) is 0 Å². The lowest BCUT2D eigenvalue weighted by atomic mass is 10.1. The fourth-order valence-electron chi connectivity index (χ4n) is 2.46. The highest BCUT2D eigenvalue weighted by Crippen LogP contribution is 2.24. The van der Waals surface area contributed by atoms with Crippen molar-refractivity contribution in [2.45, 2.75) is 6.04 Å². The molecule has 0 spiro atoms. The van der Waals surface area contributed by atoms with Crippen molar-refractivity contribution in [3.05, 3.63) is 46.5 Å². The van der Waals surface area contributed by atoms with Crippen LogP contribution in [0.25, 0.3) is 0 Å². The summed E-state index contributed by atoms with van der Waals surface area (Å²) in [7, 11) is 0.